The van der Waals surface area contributed by atoms with E-state index in [1.54, 1.807) is 22.9 Å². The molecule has 2 aromatic carbocycles. The second-order valence-electron chi connectivity index (χ2n) is 11.2. The van der Waals surface area contributed by atoms with Crippen LogP contribution in [0.3, 0.4) is 0 Å². The summed E-state index contributed by atoms with van der Waals surface area (Å²) in [7, 11) is 0. The monoisotopic (exact) mass is 621 g/mol. The van der Waals surface area contributed by atoms with Gasteiger partial charge in [-0.05, 0) is 68.3 Å². The molecule has 0 spiro atoms. The van der Waals surface area contributed by atoms with Crippen LogP contribution >= 0.6 is 0 Å². The lowest BCUT2D eigenvalue weighted by molar-refractivity contribution is -0.137. The molecule has 2 aromatic heterocycles. The molecule has 13 heteroatoms. The number of nitrogens with zero attached hydrogens (tertiary/aromatic N) is 6. The van der Waals surface area contributed by atoms with Gasteiger partial charge in [-0.15, -0.1) is 0 Å². The number of alkyl halides is 3. The summed E-state index contributed by atoms with van der Waals surface area (Å²) in [6.07, 6.45) is -2.29. The van der Waals surface area contributed by atoms with Crippen molar-refractivity contribution in [1.82, 2.24) is 29.5 Å². The van der Waals surface area contributed by atoms with E-state index >= 15 is 0 Å². The van der Waals surface area contributed by atoms with Gasteiger partial charge in [0.15, 0.2) is 5.82 Å². The highest BCUT2D eigenvalue weighted by atomic mass is 19.4. The second-order valence-corrected chi connectivity index (χ2v) is 11.2. The first-order chi connectivity index (χ1) is 21.5. The van der Waals surface area contributed by atoms with Crippen molar-refractivity contribution in [2.75, 3.05) is 48.7 Å². The van der Waals surface area contributed by atoms with Gasteiger partial charge < -0.3 is 20.9 Å². The molecule has 1 aliphatic heterocycles. The highest BCUT2D eigenvalue weighted by Crippen LogP contribution is 2.33. The fourth-order valence-corrected chi connectivity index (χ4v) is 5.26. The van der Waals surface area contributed by atoms with Gasteiger partial charge in [-0.25, -0.2) is 14.8 Å². The SMILES string of the molecule is CCc1cc(-n2nc(C)cc2Nc2cc(NC(=O)Nc3cc(CN4CCN(CC)CC4)cc(C(F)(F)F)c3)ccc2C)ncn1. The molecule has 4 aromatic rings. The number of aromatic nitrogens is 4. The first kappa shape index (κ1) is 31.9. The topological polar surface area (TPSA) is 103 Å². The van der Waals surface area contributed by atoms with Gasteiger partial charge in [-0.2, -0.15) is 23.0 Å². The minimum Gasteiger partial charge on any atom is -0.340 e. The lowest BCUT2D eigenvalue weighted by atomic mass is 10.1. The molecule has 0 saturated carbocycles. The van der Waals surface area contributed by atoms with E-state index in [2.05, 4.69) is 47.7 Å². The predicted molar refractivity (Wildman–Crippen MR) is 169 cm³/mol. The number of benzene rings is 2. The van der Waals surface area contributed by atoms with Crippen molar-refractivity contribution in [3.05, 3.63) is 82.9 Å². The van der Waals surface area contributed by atoms with Crippen molar-refractivity contribution < 1.29 is 18.0 Å². The van der Waals surface area contributed by atoms with Gasteiger partial charge in [0.2, 0.25) is 0 Å². The number of carbonyl (C=O) groups excluding carboxylic acids is 1. The third-order valence-corrected chi connectivity index (χ3v) is 7.77. The first-order valence-corrected chi connectivity index (χ1v) is 15.0. The van der Waals surface area contributed by atoms with E-state index in [1.165, 1.54) is 6.33 Å². The maximum Gasteiger partial charge on any atom is 0.416 e. The molecule has 0 unspecified atom stereocenters. The van der Waals surface area contributed by atoms with Crippen LogP contribution in [0.5, 0.6) is 0 Å². The summed E-state index contributed by atoms with van der Waals surface area (Å²) >= 11 is 0. The number of hydrogen-bond donors (Lipinski definition) is 3. The quantitative estimate of drug-likeness (QED) is 0.199. The number of hydrogen-bond acceptors (Lipinski definition) is 7. The summed E-state index contributed by atoms with van der Waals surface area (Å²) in [5.41, 5.74) is 3.51. The molecular weight excluding hydrogens is 583 g/mol. The molecule has 3 N–H and O–H groups in total. The Hall–Kier alpha value is -4.49. The van der Waals surface area contributed by atoms with Gasteiger partial charge in [0.1, 0.15) is 12.1 Å². The minimum atomic E-state index is -4.55. The summed E-state index contributed by atoms with van der Waals surface area (Å²) < 4.78 is 43.0. The molecule has 0 radical (unpaired) electrons. The standard InChI is InChI=1S/C32H38F3N9O/c1-5-25-18-29(37-20-36-25)44-30(13-22(4)41-44)40-28-17-26(8-7-21(28)3)38-31(45)39-27-15-23(14-24(16-27)32(33,34)35)19-43-11-9-42(6-2)10-12-43/h7-8,13-18,20,40H,5-6,9-12,19H2,1-4H3,(H2,38,39,45). The summed E-state index contributed by atoms with van der Waals surface area (Å²) in [6, 6.07) is 12.1. The Labute approximate surface area is 260 Å². The van der Waals surface area contributed by atoms with Crippen LogP contribution in [0.2, 0.25) is 0 Å². The molecule has 1 fully saturated rings. The highest BCUT2D eigenvalue weighted by Gasteiger charge is 2.31. The van der Waals surface area contributed by atoms with Crippen LogP contribution in [0.1, 0.15) is 41.9 Å². The Kier molecular flexibility index (Phi) is 9.68. The van der Waals surface area contributed by atoms with Crippen molar-refractivity contribution in [3.63, 3.8) is 0 Å². The first-order valence-electron chi connectivity index (χ1n) is 15.0. The molecule has 5 rings (SSSR count). The zero-order valence-corrected chi connectivity index (χ0v) is 25.9. The fraction of sp³-hybridized carbons (Fsp3) is 0.375. The Morgan fingerprint density at radius 3 is 2.33 bits per heavy atom. The molecule has 2 amide bonds. The van der Waals surface area contributed by atoms with E-state index in [1.807, 2.05) is 39.0 Å². The molecule has 0 aliphatic carbocycles. The zero-order valence-electron chi connectivity index (χ0n) is 25.9. The lowest BCUT2D eigenvalue weighted by Gasteiger charge is -2.34. The molecule has 0 bridgehead atoms. The maximum atomic E-state index is 13.8. The van der Waals surface area contributed by atoms with Crippen LogP contribution in [0.4, 0.5) is 40.8 Å². The summed E-state index contributed by atoms with van der Waals surface area (Å²) in [5.74, 6) is 1.29. The van der Waals surface area contributed by atoms with E-state index < -0.39 is 17.8 Å². The van der Waals surface area contributed by atoms with Crippen LogP contribution in [-0.4, -0.2) is 68.3 Å². The van der Waals surface area contributed by atoms with Crippen molar-refractivity contribution >= 4 is 28.9 Å². The van der Waals surface area contributed by atoms with E-state index in [0.29, 0.717) is 35.1 Å². The molecule has 3 heterocycles. The molecule has 45 heavy (non-hydrogen) atoms. The Morgan fingerprint density at radius 1 is 0.889 bits per heavy atom. The third-order valence-electron chi connectivity index (χ3n) is 7.77. The molecule has 0 atom stereocenters. The van der Waals surface area contributed by atoms with E-state index in [0.717, 1.165) is 68.2 Å². The number of likely N-dealkylation sites (N-methyl/N-ethyl adjacent to an activating group) is 1. The van der Waals surface area contributed by atoms with Gasteiger partial charge in [-0.3, -0.25) is 4.90 Å². The maximum absolute atomic E-state index is 13.8. The Bertz CT molecular complexity index is 1650. The van der Waals surface area contributed by atoms with Gasteiger partial charge >= 0.3 is 12.2 Å². The van der Waals surface area contributed by atoms with Crippen LogP contribution in [0.25, 0.3) is 5.82 Å². The number of rotatable bonds is 9. The summed E-state index contributed by atoms with van der Waals surface area (Å²) in [4.78, 5) is 26.1. The van der Waals surface area contributed by atoms with Gasteiger partial charge in [-0.1, -0.05) is 19.9 Å². The van der Waals surface area contributed by atoms with E-state index in [9.17, 15) is 18.0 Å². The number of piperazine rings is 1. The van der Waals surface area contributed by atoms with Crippen molar-refractivity contribution in [2.45, 2.75) is 46.8 Å². The number of carbonyl (C=O) groups is 1. The number of urea groups is 1. The van der Waals surface area contributed by atoms with E-state index in [4.69, 9.17) is 0 Å². The predicted octanol–water partition coefficient (Wildman–Crippen LogP) is 6.39. The number of halogens is 3. The zero-order chi connectivity index (χ0) is 32.1. The highest BCUT2D eigenvalue weighted by molar-refractivity contribution is 6.00. The molecular formula is C32H38F3N9O. The number of nitrogens with one attached hydrogen (secondary N) is 3. The average Bonchev–Trinajstić information content (AvgIpc) is 3.38. The van der Waals surface area contributed by atoms with Crippen molar-refractivity contribution in [3.8, 4) is 5.82 Å². The molecule has 238 valence electrons. The van der Waals surface area contributed by atoms with Crippen LogP contribution < -0.4 is 16.0 Å². The van der Waals surface area contributed by atoms with Crippen LogP contribution in [0, 0.1) is 13.8 Å². The lowest BCUT2D eigenvalue weighted by Crippen LogP contribution is -2.45. The normalized spacial score (nSPS) is 14.4. The number of amides is 2. The molecule has 1 saturated heterocycles. The van der Waals surface area contributed by atoms with Gasteiger partial charge in [0.05, 0.1) is 11.3 Å². The number of anilines is 4. The minimum absolute atomic E-state index is 0.0747. The van der Waals surface area contributed by atoms with Crippen molar-refractivity contribution in [2.24, 2.45) is 0 Å². The van der Waals surface area contributed by atoms with Gasteiger partial charge in [0.25, 0.3) is 0 Å². The fourth-order valence-electron chi connectivity index (χ4n) is 5.26. The number of aryl methyl sites for hydroxylation is 3. The largest absolute Gasteiger partial charge is 0.416 e. The van der Waals surface area contributed by atoms with Crippen molar-refractivity contribution in [1.29, 1.82) is 0 Å². The Balaban J connectivity index is 1.31. The molecule has 1 aliphatic rings. The van der Waals surface area contributed by atoms with Gasteiger partial charge in [0, 0.05) is 67.6 Å². The Morgan fingerprint density at radius 2 is 1.62 bits per heavy atom. The summed E-state index contributed by atoms with van der Waals surface area (Å²) in [6.45, 7) is 12.5. The van der Waals surface area contributed by atoms with Crippen LogP contribution in [-0.2, 0) is 19.1 Å². The summed E-state index contributed by atoms with van der Waals surface area (Å²) in [5, 5.41) is 13.3. The van der Waals surface area contributed by atoms with E-state index in [-0.39, 0.29) is 5.69 Å². The average molecular weight is 622 g/mol. The van der Waals surface area contributed by atoms with Crippen LogP contribution in [0.15, 0.2) is 54.9 Å². The smallest absolute Gasteiger partial charge is 0.340 e. The third kappa shape index (κ3) is 8.17. The molecule has 10 nitrogen and oxygen atoms in total. The second kappa shape index (κ2) is 13.7.